The van der Waals surface area contributed by atoms with Crippen molar-refractivity contribution in [3.05, 3.63) is 29.7 Å². The standard InChI is InChI=1S/C19H27N5O2/c25-18(8-12-24-9-3-13-26-24)23-10-6-16-17(7-11-23)20-14-21-19(16)22-15-4-1-2-5-15/h1-2,14-15H,3-13H2,(H,20,21,22). The Kier molecular flexibility index (Phi) is 5.45. The number of hydrogen-bond donors (Lipinski definition) is 1. The van der Waals surface area contributed by atoms with Gasteiger partial charge in [-0.05, 0) is 25.7 Å². The van der Waals surface area contributed by atoms with Crippen LogP contribution in [0.1, 0.15) is 36.9 Å². The molecule has 26 heavy (non-hydrogen) atoms. The molecule has 4 rings (SSSR count). The second-order valence-electron chi connectivity index (χ2n) is 7.18. The first kappa shape index (κ1) is 17.4. The molecule has 7 nitrogen and oxygen atoms in total. The van der Waals surface area contributed by atoms with Crippen molar-refractivity contribution in [2.45, 2.75) is 44.6 Å². The molecule has 1 fully saturated rings. The minimum atomic E-state index is 0.204. The van der Waals surface area contributed by atoms with E-state index in [4.69, 9.17) is 4.84 Å². The van der Waals surface area contributed by atoms with Gasteiger partial charge in [-0.3, -0.25) is 9.63 Å². The van der Waals surface area contributed by atoms with Crippen LogP contribution in [0.25, 0.3) is 0 Å². The molecule has 0 aromatic carbocycles. The minimum absolute atomic E-state index is 0.204. The zero-order chi connectivity index (χ0) is 17.8. The highest BCUT2D eigenvalue weighted by molar-refractivity contribution is 5.76. The molecule has 7 heteroatoms. The van der Waals surface area contributed by atoms with Crippen molar-refractivity contribution >= 4 is 11.7 Å². The smallest absolute Gasteiger partial charge is 0.223 e. The summed E-state index contributed by atoms with van der Waals surface area (Å²) in [6, 6.07) is 0.426. The molecule has 0 radical (unpaired) electrons. The van der Waals surface area contributed by atoms with Crippen molar-refractivity contribution in [3.8, 4) is 0 Å². The molecule has 0 bridgehead atoms. The van der Waals surface area contributed by atoms with Gasteiger partial charge in [0.1, 0.15) is 12.1 Å². The van der Waals surface area contributed by atoms with E-state index in [1.54, 1.807) is 6.33 Å². The van der Waals surface area contributed by atoms with Crippen molar-refractivity contribution in [1.82, 2.24) is 19.9 Å². The van der Waals surface area contributed by atoms with Crippen LogP contribution in [0.2, 0.25) is 0 Å². The van der Waals surface area contributed by atoms with Gasteiger partial charge in [-0.2, -0.15) is 5.06 Å². The lowest BCUT2D eigenvalue weighted by atomic mass is 10.1. The normalized spacial score (nSPS) is 21.0. The van der Waals surface area contributed by atoms with Crippen molar-refractivity contribution in [1.29, 1.82) is 0 Å². The van der Waals surface area contributed by atoms with E-state index in [0.29, 0.717) is 19.0 Å². The summed E-state index contributed by atoms with van der Waals surface area (Å²) in [7, 11) is 0. The first-order chi connectivity index (χ1) is 12.8. The lowest BCUT2D eigenvalue weighted by molar-refractivity contribution is -0.138. The SMILES string of the molecule is O=C(CCN1CCCO1)N1CCc2ncnc(NC3CC=CC3)c2CC1. The second-order valence-corrected chi connectivity index (χ2v) is 7.18. The Morgan fingerprint density at radius 1 is 1.19 bits per heavy atom. The number of carbonyl (C=O) groups is 1. The van der Waals surface area contributed by atoms with E-state index in [9.17, 15) is 4.79 Å². The Balaban J connectivity index is 1.36. The predicted molar refractivity (Wildman–Crippen MR) is 98.6 cm³/mol. The Hall–Kier alpha value is -1.99. The van der Waals surface area contributed by atoms with Gasteiger partial charge >= 0.3 is 0 Å². The molecule has 2 aliphatic heterocycles. The van der Waals surface area contributed by atoms with Crippen molar-refractivity contribution < 1.29 is 9.63 Å². The van der Waals surface area contributed by atoms with Crippen molar-refractivity contribution in [2.75, 3.05) is 38.1 Å². The molecule has 3 heterocycles. The summed E-state index contributed by atoms with van der Waals surface area (Å²) in [5.41, 5.74) is 2.25. The predicted octanol–water partition coefficient (Wildman–Crippen LogP) is 1.56. The van der Waals surface area contributed by atoms with E-state index < -0.39 is 0 Å². The van der Waals surface area contributed by atoms with Gasteiger partial charge in [-0.25, -0.2) is 9.97 Å². The first-order valence-electron chi connectivity index (χ1n) is 9.69. The monoisotopic (exact) mass is 357 g/mol. The molecule has 1 N–H and O–H groups in total. The minimum Gasteiger partial charge on any atom is -0.366 e. The third-order valence-corrected chi connectivity index (χ3v) is 5.39. The zero-order valence-electron chi connectivity index (χ0n) is 15.2. The van der Waals surface area contributed by atoms with Crippen LogP contribution in [0.15, 0.2) is 18.5 Å². The molecule has 3 aliphatic rings. The maximum Gasteiger partial charge on any atom is 0.223 e. The molecule has 1 aromatic heterocycles. The third-order valence-electron chi connectivity index (χ3n) is 5.39. The zero-order valence-corrected chi connectivity index (χ0v) is 15.2. The summed E-state index contributed by atoms with van der Waals surface area (Å²) < 4.78 is 0. The number of nitrogens with zero attached hydrogens (tertiary/aromatic N) is 4. The fourth-order valence-corrected chi connectivity index (χ4v) is 3.88. The molecule has 1 aliphatic carbocycles. The third kappa shape index (κ3) is 4.04. The van der Waals surface area contributed by atoms with E-state index in [1.807, 2.05) is 9.96 Å². The van der Waals surface area contributed by atoms with Crippen LogP contribution >= 0.6 is 0 Å². The number of rotatable bonds is 5. The number of amides is 1. The van der Waals surface area contributed by atoms with Crippen molar-refractivity contribution in [3.63, 3.8) is 0 Å². The van der Waals surface area contributed by atoms with Gasteiger partial charge in [0, 0.05) is 50.6 Å². The van der Waals surface area contributed by atoms with Crippen LogP contribution in [0.4, 0.5) is 5.82 Å². The highest BCUT2D eigenvalue weighted by atomic mass is 16.7. The average Bonchev–Trinajstić information content (AvgIpc) is 3.31. The maximum absolute atomic E-state index is 12.6. The molecule has 0 saturated carbocycles. The van der Waals surface area contributed by atoms with Crippen LogP contribution < -0.4 is 5.32 Å². The van der Waals surface area contributed by atoms with E-state index in [2.05, 4.69) is 27.4 Å². The Labute approximate surface area is 154 Å². The molecule has 0 spiro atoms. The van der Waals surface area contributed by atoms with E-state index in [0.717, 1.165) is 69.9 Å². The number of fused-ring (bicyclic) bond motifs is 1. The van der Waals surface area contributed by atoms with Crippen LogP contribution in [-0.2, 0) is 22.5 Å². The first-order valence-corrected chi connectivity index (χ1v) is 9.69. The van der Waals surface area contributed by atoms with Crippen LogP contribution in [0, 0.1) is 0 Å². The summed E-state index contributed by atoms with van der Waals surface area (Å²) in [6.45, 7) is 3.85. The number of nitrogens with one attached hydrogen (secondary N) is 1. The Bertz CT molecular complexity index is 664. The number of carbonyl (C=O) groups excluding carboxylic acids is 1. The maximum atomic E-state index is 12.6. The van der Waals surface area contributed by atoms with Crippen LogP contribution in [0.5, 0.6) is 0 Å². The summed E-state index contributed by atoms with van der Waals surface area (Å²) in [5, 5.41) is 5.47. The van der Waals surface area contributed by atoms with Crippen molar-refractivity contribution in [2.24, 2.45) is 0 Å². The number of hydrogen-bond acceptors (Lipinski definition) is 6. The number of hydroxylamine groups is 2. The number of aromatic nitrogens is 2. The Morgan fingerprint density at radius 2 is 2.04 bits per heavy atom. The van der Waals surface area contributed by atoms with Gasteiger partial charge in [0.25, 0.3) is 0 Å². The fraction of sp³-hybridized carbons (Fsp3) is 0.632. The largest absolute Gasteiger partial charge is 0.366 e. The van der Waals surface area contributed by atoms with Crippen LogP contribution in [0.3, 0.4) is 0 Å². The molecule has 1 aromatic rings. The van der Waals surface area contributed by atoms with Gasteiger partial charge in [0.15, 0.2) is 0 Å². The van der Waals surface area contributed by atoms with E-state index in [1.165, 1.54) is 5.56 Å². The molecular weight excluding hydrogens is 330 g/mol. The summed E-state index contributed by atoms with van der Waals surface area (Å²) in [4.78, 5) is 29.0. The summed E-state index contributed by atoms with van der Waals surface area (Å²) in [5.74, 6) is 1.15. The molecule has 1 saturated heterocycles. The van der Waals surface area contributed by atoms with Gasteiger partial charge in [-0.1, -0.05) is 12.2 Å². The Morgan fingerprint density at radius 3 is 2.85 bits per heavy atom. The topological polar surface area (TPSA) is 70.6 Å². The molecule has 0 unspecified atom stereocenters. The molecule has 140 valence electrons. The molecule has 0 atom stereocenters. The van der Waals surface area contributed by atoms with Gasteiger partial charge in [0.05, 0.1) is 12.3 Å². The molecule has 1 amide bonds. The summed E-state index contributed by atoms with van der Waals surface area (Å²) >= 11 is 0. The highest BCUT2D eigenvalue weighted by Crippen LogP contribution is 2.23. The summed E-state index contributed by atoms with van der Waals surface area (Å²) in [6.07, 6.45) is 11.3. The molecular formula is C19H27N5O2. The average molecular weight is 357 g/mol. The fourth-order valence-electron chi connectivity index (χ4n) is 3.88. The van der Waals surface area contributed by atoms with Gasteiger partial charge in [0.2, 0.25) is 5.91 Å². The van der Waals surface area contributed by atoms with Gasteiger partial charge in [-0.15, -0.1) is 0 Å². The van der Waals surface area contributed by atoms with E-state index >= 15 is 0 Å². The van der Waals surface area contributed by atoms with E-state index in [-0.39, 0.29) is 5.91 Å². The lowest BCUT2D eigenvalue weighted by Crippen LogP contribution is -2.35. The second kappa shape index (κ2) is 8.14. The highest BCUT2D eigenvalue weighted by Gasteiger charge is 2.23. The van der Waals surface area contributed by atoms with Crippen LogP contribution in [-0.4, -0.2) is 64.7 Å². The quantitative estimate of drug-likeness (QED) is 0.807. The lowest BCUT2D eigenvalue weighted by Gasteiger charge is -2.21. The number of anilines is 1. The van der Waals surface area contributed by atoms with Gasteiger partial charge < -0.3 is 10.2 Å².